The van der Waals surface area contributed by atoms with E-state index >= 15 is 0 Å². The van der Waals surface area contributed by atoms with Crippen LogP contribution in [0.3, 0.4) is 0 Å². The standard InChI is InChI=1S/C16H12BrF2NO3/c1-7-6-23-15-9(7)5-10(16(21)22)14(13(15)19)20-12-3-2-8(17)4-11(12)18/h2-5,7,20H,6H2,1H3,(H,21,22). The number of fused-ring (bicyclic) bond motifs is 1. The highest BCUT2D eigenvalue weighted by Gasteiger charge is 2.30. The molecular weight excluding hydrogens is 372 g/mol. The highest BCUT2D eigenvalue weighted by Crippen LogP contribution is 2.42. The van der Waals surface area contributed by atoms with Crippen LogP contribution >= 0.6 is 15.9 Å². The van der Waals surface area contributed by atoms with E-state index in [-0.39, 0.29) is 35.2 Å². The van der Waals surface area contributed by atoms with Crippen molar-refractivity contribution in [3.8, 4) is 5.75 Å². The van der Waals surface area contributed by atoms with Gasteiger partial charge in [0.15, 0.2) is 11.6 Å². The van der Waals surface area contributed by atoms with Crippen molar-refractivity contribution < 1.29 is 23.4 Å². The molecule has 0 radical (unpaired) electrons. The van der Waals surface area contributed by atoms with Gasteiger partial charge in [0.2, 0.25) is 0 Å². The fraction of sp³-hybridized carbons (Fsp3) is 0.188. The molecule has 0 aromatic heterocycles. The second-order valence-electron chi connectivity index (χ2n) is 5.30. The topological polar surface area (TPSA) is 58.6 Å². The van der Waals surface area contributed by atoms with Gasteiger partial charge in [0, 0.05) is 16.0 Å². The van der Waals surface area contributed by atoms with Gasteiger partial charge in [-0.15, -0.1) is 0 Å². The normalized spacial score (nSPS) is 15.9. The number of ether oxygens (including phenoxy) is 1. The summed E-state index contributed by atoms with van der Waals surface area (Å²) in [7, 11) is 0. The smallest absolute Gasteiger partial charge is 0.337 e. The Morgan fingerprint density at radius 1 is 1.39 bits per heavy atom. The lowest BCUT2D eigenvalue weighted by atomic mass is 9.99. The number of nitrogens with one attached hydrogen (secondary N) is 1. The summed E-state index contributed by atoms with van der Waals surface area (Å²) in [6.45, 7) is 2.10. The molecule has 0 saturated carbocycles. The zero-order valence-electron chi connectivity index (χ0n) is 12.0. The Bertz CT molecular complexity index is 810. The van der Waals surface area contributed by atoms with Gasteiger partial charge in [0.05, 0.1) is 23.5 Å². The van der Waals surface area contributed by atoms with Gasteiger partial charge in [-0.1, -0.05) is 22.9 Å². The Hall–Kier alpha value is -2.15. The molecule has 2 N–H and O–H groups in total. The van der Waals surface area contributed by atoms with Crippen molar-refractivity contribution in [2.24, 2.45) is 0 Å². The first-order valence-corrected chi connectivity index (χ1v) is 7.62. The second-order valence-corrected chi connectivity index (χ2v) is 6.21. The minimum absolute atomic E-state index is 0.0162. The van der Waals surface area contributed by atoms with E-state index < -0.39 is 17.6 Å². The molecule has 0 saturated heterocycles. The van der Waals surface area contributed by atoms with Crippen LogP contribution in [0.4, 0.5) is 20.2 Å². The molecule has 4 nitrogen and oxygen atoms in total. The van der Waals surface area contributed by atoms with E-state index in [0.717, 1.165) is 0 Å². The first kappa shape index (κ1) is 15.7. The van der Waals surface area contributed by atoms with Crippen LogP contribution < -0.4 is 10.1 Å². The van der Waals surface area contributed by atoms with Crippen LogP contribution in [0.5, 0.6) is 5.75 Å². The maximum Gasteiger partial charge on any atom is 0.337 e. The van der Waals surface area contributed by atoms with Gasteiger partial charge in [-0.05, 0) is 24.3 Å². The number of carboxylic acid groups (broad SMARTS) is 1. The van der Waals surface area contributed by atoms with Crippen LogP contribution in [0.2, 0.25) is 0 Å². The number of aromatic carboxylic acids is 1. The summed E-state index contributed by atoms with van der Waals surface area (Å²) in [4.78, 5) is 11.5. The first-order chi connectivity index (χ1) is 10.9. The lowest BCUT2D eigenvalue weighted by molar-refractivity contribution is 0.0697. The average Bonchev–Trinajstić information content (AvgIpc) is 2.85. The summed E-state index contributed by atoms with van der Waals surface area (Å²) in [5, 5.41) is 11.9. The molecule has 0 spiro atoms. The zero-order valence-corrected chi connectivity index (χ0v) is 13.6. The summed E-state index contributed by atoms with van der Waals surface area (Å²) >= 11 is 3.13. The molecular formula is C16H12BrF2NO3. The van der Waals surface area contributed by atoms with E-state index in [4.69, 9.17) is 4.74 Å². The summed E-state index contributed by atoms with van der Waals surface area (Å²) in [5.74, 6) is -2.85. The lowest BCUT2D eigenvalue weighted by Gasteiger charge is -2.14. The number of benzene rings is 2. The molecule has 1 heterocycles. The molecule has 2 aromatic rings. The maximum atomic E-state index is 14.7. The van der Waals surface area contributed by atoms with Crippen molar-refractivity contribution in [2.45, 2.75) is 12.8 Å². The molecule has 1 aliphatic heterocycles. The van der Waals surface area contributed by atoms with Crippen molar-refractivity contribution in [2.75, 3.05) is 11.9 Å². The van der Waals surface area contributed by atoms with Crippen LogP contribution in [-0.4, -0.2) is 17.7 Å². The average molecular weight is 384 g/mol. The molecule has 1 aliphatic rings. The summed E-state index contributed by atoms with van der Waals surface area (Å²) in [6.07, 6.45) is 0. The van der Waals surface area contributed by atoms with E-state index in [1.54, 1.807) is 6.07 Å². The fourth-order valence-corrected chi connectivity index (χ4v) is 2.81. The van der Waals surface area contributed by atoms with E-state index in [0.29, 0.717) is 10.0 Å². The Kier molecular flexibility index (Phi) is 3.97. The number of carboxylic acids is 1. The predicted molar refractivity (Wildman–Crippen MR) is 84.7 cm³/mol. The molecule has 2 aromatic carbocycles. The Morgan fingerprint density at radius 3 is 2.78 bits per heavy atom. The van der Waals surface area contributed by atoms with Gasteiger partial charge in [-0.2, -0.15) is 0 Å². The molecule has 1 atom stereocenters. The van der Waals surface area contributed by atoms with Crippen molar-refractivity contribution >= 4 is 33.3 Å². The number of hydrogen-bond donors (Lipinski definition) is 2. The third kappa shape index (κ3) is 2.76. The fourth-order valence-electron chi connectivity index (χ4n) is 2.48. The van der Waals surface area contributed by atoms with Gasteiger partial charge < -0.3 is 15.2 Å². The van der Waals surface area contributed by atoms with E-state index in [1.165, 1.54) is 18.2 Å². The van der Waals surface area contributed by atoms with Crippen LogP contribution in [0.1, 0.15) is 28.8 Å². The summed E-state index contributed by atoms with van der Waals surface area (Å²) in [5.41, 5.74) is -0.102. The number of hydrogen-bond acceptors (Lipinski definition) is 3. The van der Waals surface area contributed by atoms with Gasteiger partial charge in [-0.25, -0.2) is 13.6 Å². The highest BCUT2D eigenvalue weighted by molar-refractivity contribution is 9.10. The number of carbonyl (C=O) groups is 1. The number of rotatable bonds is 3. The largest absolute Gasteiger partial charge is 0.489 e. The molecule has 120 valence electrons. The Balaban J connectivity index is 2.13. The first-order valence-electron chi connectivity index (χ1n) is 6.83. The van der Waals surface area contributed by atoms with Crippen LogP contribution in [0.15, 0.2) is 28.7 Å². The third-order valence-electron chi connectivity index (χ3n) is 3.68. The van der Waals surface area contributed by atoms with Crippen LogP contribution in [-0.2, 0) is 0 Å². The predicted octanol–water partition coefficient (Wildman–Crippen LogP) is 4.67. The van der Waals surface area contributed by atoms with E-state index in [1.807, 2.05) is 6.92 Å². The monoisotopic (exact) mass is 383 g/mol. The van der Waals surface area contributed by atoms with Crippen molar-refractivity contribution in [1.29, 1.82) is 0 Å². The summed E-state index contributed by atoms with van der Waals surface area (Å²) < 4.78 is 34.4. The molecule has 1 unspecified atom stereocenters. The molecule has 0 bridgehead atoms. The minimum atomic E-state index is -1.30. The molecule has 0 fully saturated rings. The zero-order chi connectivity index (χ0) is 16.7. The molecule has 23 heavy (non-hydrogen) atoms. The van der Waals surface area contributed by atoms with Crippen molar-refractivity contribution in [1.82, 2.24) is 0 Å². The number of anilines is 2. The third-order valence-corrected chi connectivity index (χ3v) is 4.17. The van der Waals surface area contributed by atoms with E-state index in [9.17, 15) is 18.7 Å². The Labute approximate surface area is 139 Å². The lowest BCUT2D eigenvalue weighted by Crippen LogP contribution is -2.07. The summed E-state index contributed by atoms with van der Waals surface area (Å²) in [6, 6.07) is 5.53. The second kappa shape index (κ2) is 5.81. The highest BCUT2D eigenvalue weighted by atomic mass is 79.9. The SMILES string of the molecule is CC1COc2c1cc(C(=O)O)c(Nc1ccc(Br)cc1F)c2F. The van der Waals surface area contributed by atoms with Crippen LogP contribution in [0.25, 0.3) is 0 Å². The van der Waals surface area contributed by atoms with Crippen molar-refractivity contribution in [3.05, 3.63) is 51.5 Å². The van der Waals surface area contributed by atoms with Crippen molar-refractivity contribution in [3.63, 3.8) is 0 Å². The minimum Gasteiger partial charge on any atom is -0.489 e. The van der Waals surface area contributed by atoms with Crippen LogP contribution in [0, 0.1) is 11.6 Å². The van der Waals surface area contributed by atoms with Gasteiger partial charge in [-0.3, -0.25) is 0 Å². The molecule has 0 amide bonds. The molecule has 3 rings (SSSR count). The molecule has 7 heteroatoms. The van der Waals surface area contributed by atoms with E-state index in [2.05, 4.69) is 21.2 Å². The quantitative estimate of drug-likeness (QED) is 0.808. The maximum absolute atomic E-state index is 14.7. The van der Waals surface area contributed by atoms with Gasteiger partial charge in [0.1, 0.15) is 5.82 Å². The van der Waals surface area contributed by atoms with Gasteiger partial charge >= 0.3 is 5.97 Å². The van der Waals surface area contributed by atoms with Gasteiger partial charge in [0.25, 0.3) is 0 Å². The molecule has 0 aliphatic carbocycles. The Morgan fingerprint density at radius 2 is 2.13 bits per heavy atom. The number of halogens is 3.